The molecule has 0 radical (unpaired) electrons. The van der Waals surface area contributed by atoms with E-state index in [0.717, 1.165) is 18.8 Å². The second kappa shape index (κ2) is 6.12. The van der Waals surface area contributed by atoms with Crippen LogP contribution in [0.3, 0.4) is 0 Å². The third kappa shape index (κ3) is 3.18. The van der Waals surface area contributed by atoms with Crippen LogP contribution in [0.1, 0.15) is 20.7 Å². The molecule has 1 aromatic heterocycles. The predicted molar refractivity (Wildman–Crippen MR) is 84.7 cm³/mol. The third-order valence-corrected chi connectivity index (χ3v) is 3.98. The topological polar surface area (TPSA) is 78.7 Å². The Balaban J connectivity index is 1.66. The fraction of sp³-hybridized carbons (Fsp3) is 0.312. The van der Waals surface area contributed by atoms with Crippen molar-refractivity contribution in [2.45, 2.75) is 0 Å². The first-order valence-corrected chi connectivity index (χ1v) is 7.41. The van der Waals surface area contributed by atoms with Crippen LogP contribution in [-0.2, 0) is 7.05 Å². The van der Waals surface area contributed by atoms with Gasteiger partial charge < -0.3 is 14.9 Å². The van der Waals surface area contributed by atoms with Crippen LogP contribution in [0.5, 0.6) is 0 Å². The Morgan fingerprint density at radius 3 is 2.43 bits per heavy atom. The molecular weight excluding hydrogens is 296 g/mol. The molecule has 120 valence electrons. The number of nitrogens with zero attached hydrogens (tertiary/aromatic N) is 4. The molecule has 2 aromatic rings. The SMILES string of the molecule is Cn1cc(N2CCN(C(=O)c3cccc(C(=O)O)c3)CC2)cn1. The normalized spacial score (nSPS) is 14.8. The number of piperazine rings is 1. The molecule has 0 aliphatic carbocycles. The van der Waals surface area contributed by atoms with Crippen molar-refractivity contribution in [3.05, 3.63) is 47.8 Å². The van der Waals surface area contributed by atoms with E-state index in [1.165, 1.54) is 12.1 Å². The molecule has 1 amide bonds. The lowest BCUT2D eigenvalue weighted by Crippen LogP contribution is -2.48. The van der Waals surface area contributed by atoms with Crippen LogP contribution in [0.15, 0.2) is 36.7 Å². The minimum absolute atomic E-state index is 0.126. The number of carbonyl (C=O) groups excluding carboxylic acids is 1. The molecule has 0 atom stereocenters. The Labute approximate surface area is 133 Å². The minimum atomic E-state index is -1.03. The van der Waals surface area contributed by atoms with E-state index in [9.17, 15) is 9.59 Å². The number of amides is 1. The van der Waals surface area contributed by atoms with E-state index in [-0.39, 0.29) is 11.5 Å². The molecule has 0 bridgehead atoms. The number of carbonyl (C=O) groups is 2. The van der Waals surface area contributed by atoms with E-state index in [2.05, 4.69) is 10.00 Å². The number of carboxylic acids is 1. The van der Waals surface area contributed by atoms with E-state index in [1.54, 1.807) is 21.7 Å². The fourth-order valence-electron chi connectivity index (χ4n) is 2.71. The van der Waals surface area contributed by atoms with Crippen molar-refractivity contribution in [1.29, 1.82) is 0 Å². The monoisotopic (exact) mass is 314 g/mol. The zero-order valence-electron chi connectivity index (χ0n) is 12.8. The van der Waals surface area contributed by atoms with E-state index >= 15 is 0 Å². The first-order valence-electron chi connectivity index (χ1n) is 7.41. The number of aromatic nitrogens is 2. The molecule has 2 heterocycles. The lowest BCUT2D eigenvalue weighted by Gasteiger charge is -2.35. The van der Waals surface area contributed by atoms with Crippen LogP contribution >= 0.6 is 0 Å². The maximum Gasteiger partial charge on any atom is 0.335 e. The number of aromatic carboxylic acids is 1. The lowest BCUT2D eigenvalue weighted by molar-refractivity contribution is 0.0697. The second-order valence-corrected chi connectivity index (χ2v) is 5.54. The van der Waals surface area contributed by atoms with Gasteiger partial charge in [-0.05, 0) is 18.2 Å². The number of benzene rings is 1. The lowest BCUT2D eigenvalue weighted by atomic mass is 10.1. The summed E-state index contributed by atoms with van der Waals surface area (Å²) < 4.78 is 1.75. The van der Waals surface area contributed by atoms with Gasteiger partial charge in [0.25, 0.3) is 5.91 Å². The number of rotatable bonds is 3. The molecule has 1 aliphatic heterocycles. The molecule has 0 spiro atoms. The summed E-state index contributed by atoms with van der Waals surface area (Å²) in [5.41, 5.74) is 1.59. The molecule has 1 N–H and O–H groups in total. The van der Waals surface area contributed by atoms with Crippen LogP contribution in [0.4, 0.5) is 5.69 Å². The molecule has 7 nitrogen and oxygen atoms in total. The molecule has 1 fully saturated rings. The third-order valence-electron chi connectivity index (χ3n) is 3.98. The highest BCUT2D eigenvalue weighted by Crippen LogP contribution is 2.16. The maximum atomic E-state index is 12.5. The van der Waals surface area contributed by atoms with Crippen molar-refractivity contribution in [3.63, 3.8) is 0 Å². The van der Waals surface area contributed by atoms with Crippen molar-refractivity contribution >= 4 is 17.6 Å². The van der Waals surface area contributed by atoms with Gasteiger partial charge in [-0.1, -0.05) is 6.07 Å². The Hall–Kier alpha value is -2.83. The molecule has 1 aliphatic rings. The summed E-state index contributed by atoms with van der Waals surface area (Å²) in [6.45, 7) is 2.67. The Morgan fingerprint density at radius 1 is 1.13 bits per heavy atom. The maximum absolute atomic E-state index is 12.5. The quantitative estimate of drug-likeness (QED) is 0.917. The summed E-state index contributed by atoms with van der Waals surface area (Å²) in [7, 11) is 1.87. The second-order valence-electron chi connectivity index (χ2n) is 5.54. The molecule has 7 heteroatoms. The first kappa shape index (κ1) is 15.1. The molecule has 0 unspecified atom stereocenters. The fourth-order valence-corrected chi connectivity index (χ4v) is 2.71. The Bertz CT molecular complexity index is 732. The number of carboxylic acid groups (broad SMARTS) is 1. The highest BCUT2D eigenvalue weighted by molar-refractivity contribution is 5.97. The molecule has 1 saturated heterocycles. The standard InChI is InChI=1S/C16H18N4O3/c1-18-11-14(10-17-18)19-5-7-20(8-6-19)15(21)12-3-2-4-13(9-12)16(22)23/h2-4,9-11H,5-8H2,1H3,(H,22,23). The van der Waals surface area contributed by atoms with Gasteiger partial charge in [0.2, 0.25) is 0 Å². The van der Waals surface area contributed by atoms with Crippen molar-refractivity contribution < 1.29 is 14.7 Å². The van der Waals surface area contributed by atoms with E-state index in [4.69, 9.17) is 5.11 Å². The van der Waals surface area contributed by atoms with E-state index < -0.39 is 5.97 Å². The predicted octanol–water partition coefficient (Wildman–Crippen LogP) is 1.08. The van der Waals surface area contributed by atoms with Gasteiger partial charge in [-0.2, -0.15) is 5.10 Å². The van der Waals surface area contributed by atoms with Crippen molar-refractivity contribution in [2.24, 2.45) is 7.05 Å². The first-order chi connectivity index (χ1) is 11.0. The van der Waals surface area contributed by atoms with Gasteiger partial charge in [-0.25, -0.2) is 4.79 Å². The average molecular weight is 314 g/mol. The van der Waals surface area contributed by atoms with Crippen molar-refractivity contribution in [3.8, 4) is 0 Å². The van der Waals surface area contributed by atoms with Crippen LogP contribution in [0.2, 0.25) is 0 Å². The number of hydrogen-bond donors (Lipinski definition) is 1. The van der Waals surface area contributed by atoms with E-state index in [1.807, 2.05) is 19.4 Å². The molecular formula is C16H18N4O3. The summed E-state index contributed by atoms with van der Waals surface area (Å²) in [5, 5.41) is 13.2. The van der Waals surface area contributed by atoms with Crippen molar-refractivity contribution in [1.82, 2.24) is 14.7 Å². The van der Waals surface area contributed by atoms with Crippen LogP contribution in [0, 0.1) is 0 Å². The van der Waals surface area contributed by atoms with Gasteiger partial charge in [0.15, 0.2) is 0 Å². The van der Waals surface area contributed by atoms with Gasteiger partial charge in [0.05, 0.1) is 17.4 Å². The highest BCUT2D eigenvalue weighted by atomic mass is 16.4. The summed E-state index contributed by atoms with van der Waals surface area (Å²) in [4.78, 5) is 27.5. The zero-order chi connectivity index (χ0) is 16.4. The van der Waals surface area contributed by atoms with Gasteiger partial charge >= 0.3 is 5.97 Å². The van der Waals surface area contributed by atoms with Gasteiger partial charge in [0, 0.05) is 45.0 Å². The largest absolute Gasteiger partial charge is 0.478 e. The van der Waals surface area contributed by atoms with Crippen molar-refractivity contribution in [2.75, 3.05) is 31.1 Å². The average Bonchev–Trinajstić information content (AvgIpc) is 3.01. The zero-order valence-corrected chi connectivity index (χ0v) is 12.8. The highest BCUT2D eigenvalue weighted by Gasteiger charge is 2.23. The summed E-state index contributed by atoms with van der Waals surface area (Å²) >= 11 is 0. The summed E-state index contributed by atoms with van der Waals surface area (Å²) in [5.74, 6) is -1.15. The number of aryl methyl sites for hydroxylation is 1. The molecule has 23 heavy (non-hydrogen) atoms. The molecule has 1 aromatic carbocycles. The molecule has 0 saturated carbocycles. The summed E-state index contributed by atoms with van der Waals surface area (Å²) in [6.07, 6.45) is 3.77. The Kier molecular flexibility index (Phi) is 4.01. The van der Waals surface area contributed by atoms with Gasteiger partial charge in [-0.3, -0.25) is 9.48 Å². The van der Waals surface area contributed by atoms with E-state index in [0.29, 0.717) is 18.7 Å². The van der Waals surface area contributed by atoms with Gasteiger partial charge in [0.1, 0.15) is 0 Å². The molecule has 3 rings (SSSR count). The number of hydrogen-bond acceptors (Lipinski definition) is 4. The minimum Gasteiger partial charge on any atom is -0.478 e. The van der Waals surface area contributed by atoms with Crippen LogP contribution < -0.4 is 4.90 Å². The summed E-state index contributed by atoms with van der Waals surface area (Å²) in [6, 6.07) is 6.17. The Morgan fingerprint density at radius 2 is 1.83 bits per heavy atom. The van der Waals surface area contributed by atoms with Crippen LogP contribution in [-0.4, -0.2) is 57.8 Å². The number of anilines is 1. The smallest absolute Gasteiger partial charge is 0.335 e. The van der Waals surface area contributed by atoms with Gasteiger partial charge in [-0.15, -0.1) is 0 Å². The van der Waals surface area contributed by atoms with Crippen LogP contribution in [0.25, 0.3) is 0 Å².